The molecule has 0 radical (unpaired) electrons. The highest BCUT2D eigenvalue weighted by atomic mass is 32.2. The monoisotopic (exact) mass is 338 g/mol. The molecule has 124 valence electrons. The summed E-state index contributed by atoms with van der Waals surface area (Å²) in [5.74, 6) is 1.16. The quantitative estimate of drug-likeness (QED) is 0.284. The average molecular weight is 338 g/mol. The molecule has 0 saturated carbocycles. The first kappa shape index (κ1) is 17.2. The summed E-state index contributed by atoms with van der Waals surface area (Å²) in [4.78, 5) is 10.3. The fraction of sp³-hybridized carbons (Fsp3) is 0.429. The van der Waals surface area contributed by atoms with Crippen LogP contribution in [-0.4, -0.2) is 45.8 Å². The van der Waals surface area contributed by atoms with E-state index in [-0.39, 0.29) is 5.69 Å². The first-order valence-corrected chi connectivity index (χ1v) is 8.06. The van der Waals surface area contributed by atoms with E-state index in [1.54, 1.807) is 25.6 Å². The average Bonchev–Trinajstić information content (AvgIpc) is 2.99. The smallest absolute Gasteiger partial charge is 0.273 e. The molecule has 0 aliphatic rings. The molecule has 0 aliphatic heterocycles. The number of hydrogen-bond acceptors (Lipinski definition) is 7. The third-order valence-electron chi connectivity index (χ3n) is 2.94. The van der Waals surface area contributed by atoms with Gasteiger partial charge in [0.1, 0.15) is 12.1 Å². The van der Waals surface area contributed by atoms with E-state index in [4.69, 9.17) is 9.47 Å². The Bertz CT molecular complexity index is 635. The van der Waals surface area contributed by atoms with Gasteiger partial charge in [-0.05, 0) is 12.5 Å². The van der Waals surface area contributed by atoms with Crippen molar-refractivity contribution in [3.63, 3.8) is 0 Å². The lowest BCUT2D eigenvalue weighted by Crippen LogP contribution is -2.04. The van der Waals surface area contributed by atoms with Gasteiger partial charge in [0, 0.05) is 32.1 Å². The number of non-ortho nitro benzene ring substituents is 1. The predicted molar refractivity (Wildman–Crippen MR) is 85.8 cm³/mol. The Balaban J connectivity index is 1.76. The molecule has 1 aromatic heterocycles. The van der Waals surface area contributed by atoms with Gasteiger partial charge in [-0.2, -0.15) is 0 Å². The van der Waals surface area contributed by atoms with E-state index >= 15 is 0 Å². The zero-order valence-corrected chi connectivity index (χ0v) is 13.6. The molecule has 0 aliphatic carbocycles. The molecular formula is C14H18N4O4S. The number of benzene rings is 1. The molecule has 2 rings (SSSR count). The highest BCUT2D eigenvalue weighted by Gasteiger charge is 2.07. The van der Waals surface area contributed by atoms with Crippen LogP contribution in [0.3, 0.4) is 0 Å². The fourth-order valence-corrected chi connectivity index (χ4v) is 2.63. The summed E-state index contributed by atoms with van der Waals surface area (Å²) < 4.78 is 12.5. The lowest BCUT2D eigenvalue weighted by molar-refractivity contribution is -0.384. The minimum Gasteiger partial charge on any atom is -0.492 e. The van der Waals surface area contributed by atoms with Gasteiger partial charge in [-0.1, -0.05) is 17.8 Å². The van der Waals surface area contributed by atoms with E-state index in [1.165, 1.54) is 23.9 Å². The van der Waals surface area contributed by atoms with Crippen molar-refractivity contribution in [1.29, 1.82) is 0 Å². The van der Waals surface area contributed by atoms with Crippen molar-refractivity contribution in [2.45, 2.75) is 18.1 Å². The molecule has 0 amide bonds. The van der Waals surface area contributed by atoms with E-state index < -0.39 is 4.92 Å². The molecule has 0 unspecified atom stereocenters. The van der Waals surface area contributed by atoms with Crippen molar-refractivity contribution < 1.29 is 14.4 Å². The first-order chi connectivity index (χ1) is 11.2. The van der Waals surface area contributed by atoms with Gasteiger partial charge in [0.2, 0.25) is 0 Å². The van der Waals surface area contributed by atoms with E-state index in [0.717, 1.165) is 18.1 Å². The van der Waals surface area contributed by atoms with Gasteiger partial charge >= 0.3 is 0 Å². The van der Waals surface area contributed by atoms with Crippen LogP contribution in [0, 0.1) is 10.1 Å². The highest BCUT2D eigenvalue weighted by Crippen LogP contribution is 2.20. The van der Waals surface area contributed by atoms with Crippen LogP contribution in [0.1, 0.15) is 6.42 Å². The van der Waals surface area contributed by atoms with Crippen molar-refractivity contribution in [3.8, 4) is 5.75 Å². The van der Waals surface area contributed by atoms with Crippen molar-refractivity contribution in [2.75, 3.05) is 26.1 Å². The van der Waals surface area contributed by atoms with Gasteiger partial charge in [0.05, 0.1) is 17.6 Å². The van der Waals surface area contributed by atoms with Crippen LogP contribution in [0.15, 0.2) is 35.7 Å². The van der Waals surface area contributed by atoms with Crippen LogP contribution in [0.2, 0.25) is 0 Å². The number of nitro groups is 1. The zero-order chi connectivity index (χ0) is 16.5. The topological polar surface area (TPSA) is 92.3 Å². The Morgan fingerprint density at radius 3 is 3.04 bits per heavy atom. The molecule has 1 heterocycles. The Labute approximate surface area is 138 Å². The first-order valence-electron chi connectivity index (χ1n) is 7.07. The second-order valence-corrected chi connectivity index (χ2v) is 5.67. The maximum Gasteiger partial charge on any atom is 0.273 e. The molecule has 2 aromatic rings. The van der Waals surface area contributed by atoms with Gasteiger partial charge in [-0.3, -0.25) is 10.1 Å². The Morgan fingerprint density at radius 2 is 2.26 bits per heavy atom. The fourth-order valence-electron chi connectivity index (χ4n) is 1.87. The summed E-state index contributed by atoms with van der Waals surface area (Å²) in [6.07, 6.45) is 2.59. The van der Waals surface area contributed by atoms with Crippen LogP contribution >= 0.6 is 11.8 Å². The summed E-state index contributed by atoms with van der Waals surface area (Å²) in [6.45, 7) is 1.92. The summed E-state index contributed by atoms with van der Waals surface area (Å²) in [6, 6.07) is 6.15. The number of nitrogens with zero attached hydrogens (tertiary/aromatic N) is 4. The van der Waals surface area contributed by atoms with Crippen LogP contribution in [0.4, 0.5) is 5.69 Å². The van der Waals surface area contributed by atoms with Gasteiger partial charge < -0.3 is 14.0 Å². The molecule has 9 heteroatoms. The van der Waals surface area contributed by atoms with E-state index in [1.807, 2.05) is 4.57 Å². The summed E-state index contributed by atoms with van der Waals surface area (Å²) in [7, 11) is 1.67. The molecule has 0 bridgehead atoms. The number of methoxy groups -OCH3 is 1. The number of rotatable bonds is 10. The summed E-state index contributed by atoms with van der Waals surface area (Å²) >= 11 is 1.53. The van der Waals surface area contributed by atoms with Gasteiger partial charge in [-0.25, -0.2) is 0 Å². The van der Waals surface area contributed by atoms with E-state index in [0.29, 0.717) is 24.7 Å². The molecule has 23 heavy (non-hydrogen) atoms. The largest absolute Gasteiger partial charge is 0.492 e. The molecular weight excluding hydrogens is 320 g/mol. The third-order valence-corrected chi connectivity index (χ3v) is 3.88. The highest BCUT2D eigenvalue weighted by molar-refractivity contribution is 7.99. The number of aromatic nitrogens is 3. The van der Waals surface area contributed by atoms with Crippen molar-refractivity contribution in [1.82, 2.24) is 14.8 Å². The molecule has 0 spiro atoms. The van der Waals surface area contributed by atoms with Crippen molar-refractivity contribution in [3.05, 3.63) is 40.7 Å². The van der Waals surface area contributed by atoms with E-state index in [9.17, 15) is 10.1 Å². The predicted octanol–water partition coefficient (Wildman–Crippen LogP) is 2.39. The van der Waals surface area contributed by atoms with Gasteiger partial charge in [-0.15, -0.1) is 10.2 Å². The minimum absolute atomic E-state index is 0.0213. The molecule has 1 aromatic carbocycles. The molecule has 0 saturated heterocycles. The minimum atomic E-state index is -0.440. The second-order valence-electron chi connectivity index (χ2n) is 4.60. The number of ether oxygens (including phenoxy) is 2. The van der Waals surface area contributed by atoms with Crippen molar-refractivity contribution in [2.24, 2.45) is 0 Å². The summed E-state index contributed by atoms with van der Waals surface area (Å²) in [5.41, 5.74) is 0.0213. The standard InChI is InChI=1S/C14H18N4O4S/c1-21-7-3-6-17-11-15-16-14(17)23-9-8-22-13-5-2-4-12(10-13)18(19)20/h2,4-5,10-11H,3,6-9H2,1H3. The Morgan fingerprint density at radius 1 is 1.39 bits per heavy atom. The SMILES string of the molecule is COCCCn1cnnc1SCCOc1cccc([N+](=O)[O-])c1. The lowest BCUT2D eigenvalue weighted by atomic mass is 10.3. The maximum absolute atomic E-state index is 10.7. The van der Waals surface area contributed by atoms with Crippen LogP contribution < -0.4 is 4.74 Å². The molecule has 0 fully saturated rings. The maximum atomic E-state index is 10.7. The number of hydrogen-bond donors (Lipinski definition) is 0. The lowest BCUT2D eigenvalue weighted by Gasteiger charge is -2.07. The van der Waals surface area contributed by atoms with Crippen LogP contribution in [0.25, 0.3) is 0 Å². The second kappa shape index (κ2) is 9.11. The van der Waals surface area contributed by atoms with E-state index in [2.05, 4.69) is 10.2 Å². The third kappa shape index (κ3) is 5.53. The normalized spacial score (nSPS) is 10.7. The molecule has 8 nitrogen and oxygen atoms in total. The van der Waals surface area contributed by atoms with Crippen molar-refractivity contribution >= 4 is 17.4 Å². The number of aryl methyl sites for hydroxylation is 1. The van der Waals surface area contributed by atoms with Crippen LogP contribution in [0.5, 0.6) is 5.75 Å². The van der Waals surface area contributed by atoms with Gasteiger partial charge in [0.25, 0.3) is 5.69 Å². The van der Waals surface area contributed by atoms with Crippen LogP contribution in [-0.2, 0) is 11.3 Å². The Kier molecular flexibility index (Phi) is 6.82. The molecule has 0 atom stereocenters. The number of thioether (sulfide) groups is 1. The number of nitro benzene ring substituents is 1. The zero-order valence-electron chi connectivity index (χ0n) is 12.8. The summed E-state index contributed by atoms with van der Waals surface area (Å²) in [5, 5.41) is 19.5. The van der Waals surface area contributed by atoms with Gasteiger partial charge in [0.15, 0.2) is 5.16 Å². The Hall–Kier alpha value is -2.13. The molecule has 0 N–H and O–H groups in total.